The molecule has 0 aromatic heterocycles. The van der Waals surface area contributed by atoms with Crippen molar-refractivity contribution in [3.63, 3.8) is 0 Å². The highest BCUT2D eigenvalue weighted by Crippen LogP contribution is 2.34. The van der Waals surface area contributed by atoms with E-state index in [1.165, 1.54) is 25.0 Å². The molecule has 1 N–H and O–H groups in total. The lowest BCUT2D eigenvalue weighted by molar-refractivity contribution is 0.0701. The van der Waals surface area contributed by atoms with Crippen LogP contribution in [0.3, 0.4) is 0 Å². The van der Waals surface area contributed by atoms with Crippen LogP contribution < -0.4 is 5.32 Å². The van der Waals surface area contributed by atoms with Crippen molar-refractivity contribution in [2.24, 2.45) is 5.92 Å². The zero-order chi connectivity index (χ0) is 18.0. The van der Waals surface area contributed by atoms with Crippen LogP contribution in [-0.2, 0) is 0 Å². The summed E-state index contributed by atoms with van der Waals surface area (Å²) in [6.07, 6.45) is 3.79. The number of hydrogen-bond acceptors (Lipinski definition) is 2. The summed E-state index contributed by atoms with van der Waals surface area (Å²) in [5.74, 6) is -0.128. The molecule has 1 aromatic rings. The molecule has 2 fully saturated rings. The molecule has 1 saturated carbocycles. The summed E-state index contributed by atoms with van der Waals surface area (Å²) in [7, 11) is 1.84. The van der Waals surface area contributed by atoms with Gasteiger partial charge in [0.15, 0.2) is 0 Å². The molecule has 3 amide bonds. The summed E-state index contributed by atoms with van der Waals surface area (Å²) in [6.45, 7) is 3.15. The molecular weight excluding hydrogens is 321 g/mol. The lowest BCUT2D eigenvalue weighted by Gasteiger charge is -2.34. The number of amides is 3. The van der Waals surface area contributed by atoms with Crippen LogP contribution in [0.4, 0.5) is 9.18 Å². The Morgan fingerprint density at radius 3 is 2.44 bits per heavy atom. The predicted molar refractivity (Wildman–Crippen MR) is 93.8 cm³/mol. The van der Waals surface area contributed by atoms with E-state index in [2.05, 4.69) is 12.2 Å². The van der Waals surface area contributed by atoms with Crippen molar-refractivity contribution < 1.29 is 14.0 Å². The van der Waals surface area contributed by atoms with Crippen LogP contribution in [0.25, 0.3) is 0 Å². The minimum Gasteiger partial charge on any atom is -0.338 e. The molecule has 0 bridgehead atoms. The maximum Gasteiger partial charge on any atom is 0.317 e. The van der Waals surface area contributed by atoms with Gasteiger partial charge in [-0.2, -0.15) is 0 Å². The van der Waals surface area contributed by atoms with Gasteiger partial charge in [0.05, 0.1) is 5.56 Å². The van der Waals surface area contributed by atoms with Crippen LogP contribution in [0.1, 0.15) is 43.0 Å². The molecule has 0 radical (unpaired) electrons. The topological polar surface area (TPSA) is 52.7 Å². The van der Waals surface area contributed by atoms with E-state index in [1.807, 2.05) is 7.05 Å². The third kappa shape index (κ3) is 4.11. The molecule has 25 heavy (non-hydrogen) atoms. The molecule has 3 rings (SSSR count). The highest BCUT2D eigenvalue weighted by molar-refractivity contribution is 5.94. The van der Waals surface area contributed by atoms with Crippen molar-refractivity contribution >= 4 is 11.9 Å². The van der Waals surface area contributed by atoms with E-state index >= 15 is 0 Å². The van der Waals surface area contributed by atoms with Gasteiger partial charge in [-0.3, -0.25) is 4.79 Å². The molecule has 1 aromatic carbocycles. The second-order valence-corrected chi connectivity index (χ2v) is 7.18. The average Bonchev–Trinajstić information content (AvgIpc) is 3.46. The molecule has 5 nitrogen and oxygen atoms in total. The Morgan fingerprint density at radius 1 is 1.20 bits per heavy atom. The van der Waals surface area contributed by atoms with Crippen LogP contribution in [0.15, 0.2) is 24.3 Å². The van der Waals surface area contributed by atoms with Crippen molar-refractivity contribution in [3.05, 3.63) is 35.6 Å². The highest BCUT2D eigenvalue weighted by Gasteiger charge is 2.33. The normalized spacial score (nSPS) is 19.4. The zero-order valence-corrected chi connectivity index (χ0v) is 14.9. The maximum atomic E-state index is 13.8. The number of nitrogens with one attached hydrogen (secondary N) is 1. The van der Waals surface area contributed by atoms with Crippen LogP contribution in [-0.4, -0.2) is 54.0 Å². The van der Waals surface area contributed by atoms with E-state index in [9.17, 15) is 14.0 Å². The Morgan fingerprint density at radius 2 is 1.84 bits per heavy atom. The van der Waals surface area contributed by atoms with Crippen molar-refractivity contribution in [1.29, 1.82) is 0 Å². The van der Waals surface area contributed by atoms with Crippen LogP contribution in [0.5, 0.6) is 0 Å². The van der Waals surface area contributed by atoms with Crippen LogP contribution in [0.2, 0.25) is 0 Å². The highest BCUT2D eigenvalue weighted by atomic mass is 19.1. The third-order valence-electron chi connectivity index (χ3n) is 5.45. The molecule has 0 unspecified atom stereocenters. The lowest BCUT2D eigenvalue weighted by atomic mass is 10.0. The van der Waals surface area contributed by atoms with Crippen LogP contribution >= 0.6 is 0 Å². The fourth-order valence-corrected chi connectivity index (χ4v) is 3.39. The summed E-state index contributed by atoms with van der Waals surface area (Å²) in [6, 6.07) is 6.34. The minimum absolute atomic E-state index is 0.0433. The summed E-state index contributed by atoms with van der Waals surface area (Å²) < 4.78 is 13.8. The summed E-state index contributed by atoms with van der Waals surface area (Å²) in [5.41, 5.74) is 0.114. The van der Waals surface area contributed by atoms with Gasteiger partial charge in [0.2, 0.25) is 0 Å². The van der Waals surface area contributed by atoms with Gasteiger partial charge < -0.3 is 15.1 Å². The Bertz CT molecular complexity index is 639. The fourth-order valence-electron chi connectivity index (χ4n) is 3.39. The van der Waals surface area contributed by atoms with Gasteiger partial charge in [0.1, 0.15) is 5.82 Å². The fraction of sp³-hybridized carbons (Fsp3) is 0.579. The van der Waals surface area contributed by atoms with E-state index in [0.29, 0.717) is 31.8 Å². The van der Waals surface area contributed by atoms with E-state index in [1.54, 1.807) is 21.9 Å². The number of urea groups is 1. The second kappa shape index (κ2) is 7.42. The first-order valence-electron chi connectivity index (χ1n) is 9.04. The van der Waals surface area contributed by atoms with Crippen molar-refractivity contribution in [1.82, 2.24) is 15.1 Å². The largest absolute Gasteiger partial charge is 0.338 e. The third-order valence-corrected chi connectivity index (χ3v) is 5.45. The molecule has 1 atom stereocenters. The first-order chi connectivity index (χ1) is 12.0. The van der Waals surface area contributed by atoms with Crippen molar-refractivity contribution in [2.75, 3.05) is 20.1 Å². The molecule has 1 saturated heterocycles. The molecule has 0 spiro atoms. The molecule has 1 aliphatic heterocycles. The zero-order valence-electron chi connectivity index (χ0n) is 14.9. The molecule has 1 heterocycles. The maximum absolute atomic E-state index is 13.8. The van der Waals surface area contributed by atoms with Gasteiger partial charge in [-0.25, -0.2) is 9.18 Å². The minimum atomic E-state index is -0.487. The molecule has 2 aliphatic rings. The molecule has 1 aliphatic carbocycles. The van der Waals surface area contributed by atoms with Gasteiger partial charge in [0.25, 0.3) is 5.91 Å². The number of carbonyl (C=O) groups is 2. The van der Waals surface area contributed by atoms with Gasteiger partial charge >= 0.3 is 6.03 Å². The Hall–Kier alpha value is -2.11. The number of benzene rings is 1. The Kier molecular flexibility index (Phi) is 5.25. The second-order valence-electron chi connectivity index (χ2n) is 7.18. The standard InChI is InChI=1S/C19H26FN3O2/c1-13(14-7-8-14)22(2)19(25)21-15-9-11-23(12-10-15)18(24)16-5-3-4-6-17(16)20/h3-6,13-15H,7-12H2,1-2H3,(H,21,25)/t13-/m1/s1. The number of nitrogens with zero attached hydrogens (tertiary/aromatic N) is 2. The van der Waals surface area contributed by atoms with Crippen LogP contribution in [0, 0.1) is 11.7 Å². The predicted octanol–water partition coefficient (Wildman–Crippen LogP) is 2.87. The van der Waals surface area contributed by atoms with E-state index in [0.717, 1.165) is 0 Å². The first kappa shape index (κ1) is 17.7. The molecule has 6 heteroatoms. The van der Waals surface area contributed by atoms with E-state index in [-0.39, 0.29) is 29.6 Å². The number of carbonyl (C=O) groups excluding carboxylic acids is 2. The lowest BCUT2D eigenvalue weighted by Crippen LogP contribution is -2.51. The summed E-state index contributed by atoms with van der Waals surface area (Å²) >= 11 is 0. The Labute approximate surface area is 148 Å². The van der Waals surface area contributed by atoms with E-state index in [4.69, 9.17) is 0 Å². The van der Waals surface area contributed by atoms with Crippen molar-refractivity contribution in [2.45, 2.75) is 44.7 Å². The van der Waals surface area contributed by atoms with Crippen molar-refractivity contribution in [3.8, 4) is 0 Å². The van der Waals surface area contributed by atoms with Gasteiger partial charge in [-0.15, -0.1) is 0 Å². The molecule has 136 valence electrons. The van der Waals surface area contributed by atoms with Gasteiger partial charge in [0, 0.05) is 32.2 Å². The first-order valence-corrected chi connectivity index (χ1v) is 9.04. The number of halogens is 1. The monoisotopic (exact) mass is 347 g/mol. The number of hydrogen-bond donors (Lipinski definition) is 1. The quantitative estimate of drug-likeness (QED) is 0.910. The van der Waals surface area contributed by atoms with Gasteiger partial charge in [-0.05, 0) is 50.7 Å². The Balaban J connectivity index is 1.49. The number of piperidine rings is 1. The summed E-state index contributed by atoms with van der Waals surface area (Å²) in [4.78, 5) is 28.2. The SMILES string of the molecule is C[C@H](C1CC1)N(C)C(=O)NC1CCN(C(=O)c2ccccc2F)CC1. The van der Waals surface area contributed by atoms with Gasteiger partial charge in [-0.1, -0.05) is 12.1 Å². The molecular formula is C19H26FN3O2. The smallest absolute Gasteiger partial charge is 0.317 e. The summed E-state index contributed by atoms with van der Waals surface area (Å²) in [5, 5.41) is 3.07. The van der Waals surface area contributed by atoms with E-state index < -0.39 is 5.82 Å². The average molecular weight is 347 g/mol. The number of likely N-dealkylation sites (tertiary alicyclic amines) is 1. The number of rotatable bonds is 4.